The molecule has 0 aromatic heterocycles. The van der Waals surface area contributed by atoms with E-state index in [2.05, 4.69) is 20.8 Å². The molecule has 1 aliphatic heterocycles. The molecule has 0 aliphatic carbocycles. The van der Waals surface area contributed by atoms with Crippen molar-refractivity contribution in [2.45, 2.75) is 58.5 Å². The molecule has 82 valence electrons. The molecule has 1 saturated heterocycles. The molecule has 0 N–H and O–H groups in total. The second-order valence-corrected chi connectivity index (χ2v) is 4.57. The molecule has 0 bridgehead atoms. The van der Waals surface area contributed by atoms with E-state index in [-0.39, 0.29) is 5.60 Å². The summed E-state index contributed by atoms with van der Waals surface area (Å²) in [6.07, 6.45) is 4.41. The number of rotatable bonds is 4. The van der Waals surface area contributed by atoms with Gasteiger partial charge in [-0.3, -0.25) is 4.79 Å². The molecule has 2 heteroatoms. The Balaban J connectivity index is 2.60. The van der Waals surface area contributed by atoms with E-state index >= 15 is 0 Å². The lowest BCUT2D eigenvalue weighted by Gasteiger charge is -2.37. The molecular formula is C12H22O2. The van der Waals surface area contributed by atoms with E-state index in [1.807, 2.05) is 0 Å². The first-order valence-electron chi connectivity index (χ1n) is 5.77. The minimum atomic E-state index is -0.134. The van der Waals surface area contributed by atoms with Crippen molar-refractivity contribution >= 4 is 5.78 Å². The van der Waals surface area contributed by atoms with E-state index < -0.39 is 0 Å². The summed E-state index contributed by atoms with van der Waals surface area (Å²) in [7, 11) is 0. The van der Waals surface area contributed by atoms with Gasteiger partial charge in [-0.2, -0.15) is 0 Å². The smallest absolute Gasteiger partial charge is 0.138 e. The van der Waals surface area contributed by atoms with Crippen LogP contribution in [0.25, 0.3) is 0 Å². The maximum Gasteiger partial charge on any atom is 0.138 e. The van der Waals surface area contributed by atoms with Crippen molar-refractivity contribution in [3.05, 3.63) is 0 Å². The van der Waals surface area contributed by atoms with Gasteiger partial charge >= 0.3 is 0 Å². The summed E-state index contributed by atoms with van der Waals surface area (Å²) in [6, 6.07) is 0. The topological polar surface area (TPSA) is 26.3 Å². The van der Waals surface area contributed by atoms with Crippen LogP contribution in [0.5, 0.6) is 0 Å². The van der Waals surface area contributed by atoms with Crippen LogP contribution >= 0.6 is 0 Å². The lowest BCUT2D eigenvalue weighted by molar-refractivity contribution is -0.143. The molecule has 0 amide bonds. The minimum Gasteiger partial charge on any atom is -0.374 e. The fourth-order valence-corrected chi connectivity index (χ4v) is 2.16. The predicted octanol–water partition coefficient (Wildman–Crippen LogP) is 2.95. The SMILES string of the molecule is CCC(C)CC1(CC)CC(=O)CCO1. The summed E-state index contributed by atoms with van der Waals surface area (Å²) in [4.78, 5) is 11.4. The summed E-state index contributed by atoms with van der Waals surface area (Å²) in [5.74, 6) is 1.03. The van der Waals surface area contributed by atoms with E-state index in [9.17, 15) is 4.79 Å². The van der Waals surface area contributed by atoms with Gasteiger partial charge in [-0.15, -0.1) is 0 Å². The highest BCUT2D eigenvalue weighted by atomic mass is 16.5. The summed E-state index contributed by atoms with van der Waals surface area (Å²) in [6.45, 7) is 7.18. The van der Waals surface area contributed by atoms with Crippen LogP contribution in [0.4, 0.5) is 0 Å². The minimum absolute atomic E-state index is 0.134. The summed E-state index contributed by atoms with van der Waals surface area (Å²) >= 11 is 0. The van der Waals surface area contributed by atoms with Crippen molar-refractivity contribution in [3.8, 4) is 0 Å². The van der Waals surface area contributed by atoms with Crippen molar-refractivity contribution in [2.75, 3.05) is 6.61 Å². The molecule has 2 unspecified atom stereocenters. The normalized spacial score (nSPS) is 30.4. The molecule has 0 aromatic carbocycles. The number of ketones is 1. The van der Waals surface area contributed by atoms with E-state index in [1.165, 1.54) is 6.42 Å². The van der Waals surface area contributed by atoms with Crippen LogP contribution in [-0.4, -0.2) is 18.0 Å². The Morgan fingerprint density at radius 3 is 2.71 bits per heavy atom. The summed E-state index contributed by atoms with van der Waals surface area (Å²) in [5.41, 5.74) is -0.134. The van der Waals surface area contributed by atoms with Gasteiger partial charge in [0.15, 0.2) is 0 Å². The molecule has 1 rings (SSSR count). The van der Waals surface area contributed by atoms with Crippen molar-refractivity contribution in [2.24, 2.45) is 5.92 Å². The van der Waals surface area contributed by atoms with E-state index in [1.54, 1.807) is 0 Å². The third-order valence-electron chi connectivity index (χ3n) is 3.37. The fraction of sp³-hybridized carbons (Fsp3) is 0.917. The largest absolute Gasteiger partial charge is 0.374 e. The van der Waals surface area contributed by atoms with E-state index in [4.69, 9.17) is 4.74 Å². The number of hydrogen-bond acceptors (Lipinski definition) is 2. The Morgan fingerprint density at radius 1 is 1.50 bits per heavy atom. The lowest BCUT2D eigenvalue weighted by Crippen LogP contribution is -2.40. The molecule has 0 aromatic rings. The zero-order chi connectivity index (χ0) is 10.6. The van der Waals surface area contributed by atoms with Gasteiger partial charge in [-0.25, -0.2) is 0 Å². The highest BCUT2D eigenvalue weighted by Gasteiger charge is 2.36. The van der Waals surface area contributed by atoms with Gasteiger partial charge in [0, 0.05) is 12.8 Å². The predicted molar refractivity (Wildman–Crippen MR) is 57.3 cm³/mol. The Kier molecular flexibility index (Phi) is 4.11. The number of Topliss-reactive ketones (excluding diaryl/α,β-unsaturated/α-hetero) is 1. The van der Waals surface area contributed by atoms with E-state index in [0.29, 0.717) is 31.1 Å². The third kappa shape index (κ3) is 2.81. The zero-order valence-electron chi connectivity index (χ0n) is 9.64. The van der Waals surface area contributed by atoms with Gasteiger partial charge in [0.1, 0.15) is 5.78 Å². The molecule has 1 aliphatic rings. The molecule has 2 nitrogen and oxygen atoms in total. The van der Waals surface area contributed by atoms with Crippen LogP contribution in [-0.2, 0) is 9.53 Å². The van der Waals surface area contributed by atoms with Crippen molar-refractivity contribution in [1.29, 1.82) is 0 Å². The Bertz CT molecular complexity index is 200. The number of hydrogen-bond donors (Lipinski definition) is 0. The Hall–Kier alpha value is -0.370. The first-order chi connectivity index (χ1) is 6.62. The van der Waals surface area contributed by atoms with Crippen molar-refractivity contribution in [3.63, 3.8) is 0 Å². The van der Waals surface area contributed by atoms with Crippen molar-refractivity contribution in [1.82, 2.24) is 0 Å². The monoisotopic (exact) mass is 198 g/mol. The second-order valence-electron chi connectivity index (χ2n) is 4.57. The third-order valence-corrected chi connectivity index (χ3v) is 3.37. The lowest BCUT2D eigenvalue weighted by atomic mass is 9.82. The van der Waals surface area contributed by atoms with Gasteiger partial charge in [0.05, 0.1) is 12.2 Å². The Morgan fingerprint density at radius 2 is 2.21 bits per heavy atom. The second kappa shape index (κ2) is 4.92. The van der Waals surface area contributed by atoms with Crippen LogP contribution < -0.4 is 0 Å². The molecule has 0 spiro atoms. The molecule has 1 fully saturated rings. The molecule has 2 atom stereocenters. The zero-order valence-corrected chi connectivity index (χ0v) is 9.64. The average Bonchev–Trinajstić information content (AvgIpc) is 2.17. The number of ether oxygens (including phenoxy) is 1. The highest BCUT2D eigenvalue weighted by molar-refractivity contribution is 5.80. The maximum atomic E-state index is 11.4. The van der Waals surface area contributed by atoms with Crippen molar-refractivity contribution < 1.29 is 9.53 Å². The summed E-state index contributed by atoms with van der Waals surface area (Å²) in [5, 5.41) is 0. The molecular weight excluding hydrogens is 176 g/mol. The molecule has 1 heterocycles. The Labute approximate surface area is 87.0 Å². The van der Waals surface area contributed by atoms with Crippen LogP contribution in [0.15, 0.2) is 0 Å². The van der Waals surface area contributed by atoms with Gasteiger partial charge < -0.3 is 4.74 Å². The molecule has 0 radical (unpaired) electrons. The van der Waals surface area contributed by atoms with Crippen LogP contribution in [0.3, 0.4) is 0 Å². The maximum absolute atomic E-state index is 11.4. The van der Waals surface area contributed by atoms with Gasteiger partial charge in [0.25, 0.3) is 0 Å². The van der Waals surface area contributed by atoms with Crippen LogP contribution in [0, 0.1) is 5.92 Å². The first kappa shape index (κ1) is 11.7. The van der Waals surface area contributed by atoms with Gasteiger partial charge in [-0.05, 0) is 18.8 Å². The summed E-state index contributed by atoms with van der Waals surface area (Å²) < 4.78 is 5.84. The standard InChI is InChI=1S/C12H22O2/c1-4-10(3)8-12(5-2)9-11(13)6-7-14-12/h10H,4-9H2,1-3H3. The van der Waals surface area contributed by atoms with Gasteiger partial charge in [-0.1, -0.05) is 27.2 Å². The number of carbonyl (C=O) groups is 1. The van der Waals surface area contributed by atoms with Crippen LogP contribution in [0.1, 0.15) is 52.9 Å². The molecule has 14 heavy (non-hydrogen) atoms. The fourth-order valence-electron chi connectivity index (χ4n) is 2.16. The molecule has 0 saturated carbocycles. The number of carbonyl (C=O) groups excluding carboxylic acids is 1. The van der Waals surface area contributed by atoms with Crippen LogP contribution in [0.2, 0.25) is 0 Å². The van der Waals surface area contributed by atoms with Gasteiger partial charge in [0.2, 0.25) is 0 Å². The average molecular weight is 198 g/mol. The van der Waals surface area contributed by atoms with E-state index in [0.717, 1.165) is 12.8 Å². The quantitative estimate of drug-likeness (QED) is 0.694. The highest BCUT2D eigenvalue weighted by Crippen LogP contribution is 2.33. The first-order valence-corrected chi connectivity index (χ1v) is 5.77.